The van der Waals surface area contributed by atoms with Gasteiger partial charge in [-0.15, -0.1) is 0 Å². The van der Waals surface area contributed by atoms with Crippen molar-refractivity contribution in [3.8, 4) is 0 Å². The second-order valence-electron chi connectivity index (χ2n) is 9.49. The van der Waals surface area contributed by atoms with Crippen molar-refractivity contribution < 1.29 is 13.2 Å². The highest BCUT2D eigenvalue weighted by atomic mass is 19.4. The second kappa shape index (κ2) is 13.8. The van der Waals surface area contributed by atoms with Crippen LogP contribution in [0.2, 0.25) is 0 Å². The van der Waals surface area contributed by atoms with E-state index in [1.54, 1.807) is 12.1 Å². The molecule has 1 aromatic heterocycles. The largest absolute Gasteiger partial charge is 0.430 e. The lowest BCUT2D eigenvalue weighted by molar-refractivity contribution is -0.0925. The zero-order chi connectivity index (χ0) is 27.5. The van der Waals surface area contributed by atoms with Crippen LogP contribution in [0, 0.1) is 5.41 Å². The number of nitrogens with zero attached hydrogens (tertiary/aromatic N) is 2. The maximum absolute atomic E-state index is 12.9. The molecule has 0 bridgehead atoms. The maximum atomic E-state index is 12.9. The second-order valence-corrected chi connectivity index (χ2v) is 9.49. The molecule has 1 heterocycles. The zero-order valence-electron chi connectivity index (χ0n) is 22.2. The lowest BCUT2D eigenvalue weighted by Gasteiger charge is -2.26. The van der Waals surface area contributed by atoms with E-state index in [-0.39, 0.29) is 5.69 Å². The number of halogens is 3. The van der Waals surface area contributed by atoms with Crippen LogP contribution in [0.1, 0.15) is 69.2 Å². The Labute approximate surface area is 223 Å². The Bertz CT molecular complexity index is 1150. The van der Waals surface area contributed by atoms with Crippen LogP contribution in [0.5, 0.6) is 0 Å². The van der Waals surface area contributed by atoms with E-state index in [0.29, 0.717) is 11.8 Å². The van der Waals surface area contributed by atoms with Gasteiger partial charge in [0.05, 0.1) is 11.4 Å². The van der Waals surface area contributed by atoms with Gasteiger partial charge in [-0.05, 0) is 79.3 Å². The Hall–Kier alpha value is -3.61. The van der Waals surface area contributed by atoms with E-state index < -0.39 is 17.6 Å². The minimum absolute atomic E-state index is 0.104. The fourth-order valence-electron chi connectivity index (χ4n) is 4.25. The number of rotatable bonds is 13. The van der Waals surface area contributed by atoms with E-state index in [9.17, 15) is 13.2 Å². The Morgan fingerprint density at radius 3 is 1.76 bits per heavy atom. The Balaban J connectivity index is 1.97. The highest BCUT2D eigenvalue weighted by molar-refractivity contribution is 6.06. The van der Waals surface area contributed by atoms with Gasteiger partial charge >= 0.3 is 6.18 Å². The summed E-state index contributed by atoms with van der Waals surface area (Å²) in [6.07, 6.45) is 6.45. The predicted octanol–water partition coefficient (Wildman–Crippen LogP) is 8.79. The van der Waals surface area contributed by atoms with Crippen molar-refractivity contribution in [2.45, 2.75) is 71.4 Å². The predicted molar refractivity (Wildman–Crippen MR) is 151 cm³/mol. The Morgan fingerprint density at radius 1 is 0.816 bits per heavy atom. The summed E-state index contributed by atoms with van der Waals surface area (Å²) in [5.41, 5.74) is 8.56. The van der Waals surface area contributed by atoms with Gasteiger partial charge in [0.25, 0.3) is 0 Å². The summed E-state index contributed by atoms with van der Waals surface area (Å²) in [4.78, 5) is 6.17. The lowest BCUT2D eigenvalue weighted by atomic mass is 10.0. The van der Waals surface area contributed by atoms with Crippen LogP contribution in [0.15, 0.2) is 78.6 Å². The molecule has 0 amide bonds. The summed E-state index contributed by atoms with van der Waals surface area (Å²) in [7, 11) is 0. The average molecular weight is 523 g/mol. The highest BCUT2D eigenvalue weighted by Crippen LogP contribution is 2.35. The SMILES string of the molecule is CCCCCc1ccc(N(c2ccc(CCCCC)cc2)c2ccnc(C(=N)C=C(N)C(F)(F)F)c2)cc1. The third-order valence-corrected chi connectivity index (χ3v) is 6.43. The monoisotopic (exact) mass is 522 g/mol. The summed E-state index contributed by atoms with van der Waals surface area (Å²) in [5, 5.41) is 8.17. The van der Waals surface area contributed by atoms with Crippen LogP contribution < -0.4 is 10.6 Å². The van der Waals surface area contributed by atoms with Gasteiger partial charge in [0.2, 0.25) is 0 Å². The van der Waals surface area contributed by atoms with Crippen molar-refractivity contribution in [2.24, 2.45) is 5.73 Å². The van der Waals surface area contributed by atoms with Crippen LogP contribution in [0.4, 0.5) is 30.2 Å². The summed E-state index contributed by atoms with van der Waals surface area (Å²) in [6.45, 7) is 4.37. The molecule has 7 heteroatoms. The molecule has 0 aliphatic carbocycles. The van der Waals surface area contributed by atoms with Crippen LogP contribution in [-0.4, -0.2) is 16.9 Å². The molecule has 202 valence electrons. The topological polar surface area (TPSA) is 66.0 Å². The van der Waals surface area contributed by atoms with Crippen LogP contribution in [0.25, 0.3) is 0 Å². The van der Waals surface area contributed by atoms with Crippen LogP contribution in [-0.2, 0) is 12.8 Å². The molecule has 0 aliphatic heterocycles. The number of alkyl halides is 3. The molecule has 0 aliphatic rings. The number of hydrogen-bond acceptors (Lipinski definition) is 4. The van der Waals surface area contributed by atoms with Crippen molar-refractivity contribution in [2.75, 3.05) is 4.90 Å². The molecule has 4 nitrogen and oxygen atoms in total. The zero-order valence-corrected chi connectivity index (χ0v) is 22.2. The molecule has 0 radical (unpaired) electrons. The minimum Gasteiger partial charge on any atom is -0.395 e. The molecule has 0 saturated heterocycles. The van der Waals surface area contributed by atoms with Crippen LogP contribution >= 0.6 is 0 Å². The Morgan fingerprint density at radius 2 is 1.32 bits per heavy atom. The number of aryl methyl sites for hydroxylation is 2. The van der Waals surface area contributed by atoms with Gasteiger partial charge in [-0.1, -0.05) is 63.8 Å². The molecule has 0 unspecified atom stereocenters. The number of aromatic nitrogens is 1. The van der Waals surface area contributed by atoms with Gasteiger partial charge in [-0.25, -0.2) is 0 Å². The molecule has 2 aromatic carbocycles. The van der Waals surface area contributed by atoms with E-state index in [4.69, 9.17) is 11.1 Å². The first-order valence-corrected chi connectivity index (χ1v) is 13.3. The molecule has 0 spiro atoms. The van der Waals surface area contributed by atoms with E-state index in [1.165, 1.54) is 43.0 Å². The van der Waals surface area contributed by atoms with E-state index in [1.807, 2.05) is 4.90 Å². The number of nitrogens with two attached hydrogens (primary N) is 1. The number of benzene rings is 2. The maximum Gasteiger partial charge on any atom is 0.430 e. The van der Waals surface area contributed by atoms with Crippen molar-refractivity contribution in [3.05, 3.63) is 95.5 Å². The number of unbranched alkanes of at least 4 members (excludes halogenated alkanes) is 4. The number of allylic oxidation sites excluding steroid dienone is 2. The molecule has 3 rings (SSSR count). The molecule has 0 fully saturated rings. The summed E-state index contributed by atoms with van der Waals surface area (Å²) >= 11 is 0. The number of nitrogens with one attached hydrogen (secondary N) is 1. The summed E-state index contributed by atoms with van der Waals surface area (Å²) < 4.78 is 38.8. The normalized spacial score (nSPS) is 12.0. The van der Waals surface area contributed by atoms with Crippen molar-refractivity contribution in [1.82, 2.24) is 4.98 Å². The molecular weight excluding hydrogens is 485 g/mol. The minimum atomic E-state index is -4.70. The molecule has 0 atom stereocenters. The van der Waals surface area contributed by atoms with E-state index in [0.717, 1.165) is 37.1 Å². The fourth-order valence-corrected chi connectivity index (χ4v) is 4.25. The molecule has 3 N–H and O–H groups in total. The van der Waals surface area contributed by atoms with Gasteiger partial charge in [0, 0.05) is 23.3 Å². The summed E-state index contributed by atoms with van der Waals surface area (Å²) in [5.74, 6) is 0. The van der Waals surface area contributed by atoms with Gasteiger partial charge in [0.1, 0.15) is 5.70 Å². The van der Waals surface area contributed by atoms with Gasteiger partial charge in [-0.3, -0.25) is 10.4 Å². The molecule has 0 saturated carbocycles. The number of hydrogen-bond donors (Lipinski definition) is 2. The highest BCUT2D eigenvalue weighted by Gasteiger charge is 2.31. The van der Waals surface area contributed by atoms with Crippen LogP contribution in [0.3, 0.4) is 0 Å². The standard InChI is InChI=1S/C31H37F3N4/c1-3-5-7-9-23-11-15-25(16-12-23)38(26-17-13-24(14-18-26)10-8-6-4-2)27-19-20-37-29(21-27)28(35)22-30(36)31(32,33)34/h11-22,35H,3-10,36H2,1-2H3. The third kappa shape index (κ3) is 8.20. The quantitative estimate of drug-likeness (QED) is 0.174. The molecule has 38 heavy (non-hydrogen) atoms. The lowest BCUT2D eigenvalue weighted by Crippen LogP contribution is -2.21. The smallest absolute Gasteiger partial charge is 0.395 e. The summed E-state index contributed by atoms with van der Waals surface area (Å²) in [6, 6.07) is 20.1. The van der Waals surface area contributed by atoms with Crippen molar-refractivity contribution in [3.63, 3.8) is 0 Å². The first-order valence-electron chi connectivity index (χ1n) is 13.3. The number of anilines is 3. The average Bonchev–Trinajstić information content (AvgIpc) is 2.90. The molecular formula is C31H37F3N4. The third-order valence-electron chi connectivity index (χ3n) is 6.43. The van der Waals surface area contributed by atoms with Gasteiger partial charge in [-0.2, -0.15) is 13.2 Å². The number of pyridine rings is 1. The first-order chi connectivity index (χ1) is 18.2. The van der Waals surface area contributed by atoms with Crippen molar-refractivity contribution in [1.29, 1.82) is 5.41 Å². The van der Waals surface area contributed by atoms with Crippen molar-refractivity contribution >= 4 is 22.8 Å². The first kappa shape index (κ1) is 29.0. The van der Waals surface area contributed by atoms with E-state index in [2.05, 4.69) is 67.4 Å². The van der Waals surface area contributed by atoms with E-state index >= 15 is 0 Å². The van der Waals surface area contributed by atoms with Gasteiger partial charge in [0.15, 0.2) is 0 Å². The fraction of sp³-hybridized carbons (Fsp3) is 0.355. The molecule has 3 aromatic rings. The van der Waals surface area contributed by atoms with Gasteiger partial charge < -0.3 is 10.6 Å². The Kier molecular flexibility index (Phi) is 10.5.